The second-order valence-electron chi connectivity index (χ2n) is 10.4. The predicted octanol–water partition coefficient (Wildman–Crippen LogP) is 2.11. The third-order valence-electron chi connectivity index (χ3n) is 7.82. The Bertz CT molecular complexity index is 1510. The number of cyclic esters (lactones) is 1. The highest BCUT2D eigenvalue weighted by atomic mass is 28.3. The van der Waals surface area contributed by atoms with Gasteiger partial charge in [-0.25, -0.2) is 9.78 Å². The first-order valence-electron chi connectivity index (χ1n) is 12.2. The Morgan fingerprint density at radius 1 is 1.11 bits per heavy atom. The monoisotopic (exact) mass is 508 g/mol. The number of nitrogens with zero attached hydrogens (tertiary/aromatic N) is 2. The highest BCUT2D eigenvalue weighted by Gasteiger charge is 2.46. The second kappa shape index (κ2) is 7.89. The van der Waals surface area contributed by atoms with E-state index in [-0.39, 0.29) is 32.0 Å². The fourth-order valence-electron chi connectivity index (χ4n) is 5.89. The topological polar surface area (TPSA) is 120 Å². The van der Waals surface area contributed by atoms with Crippen molar-refractivity contribution in [1.29, 1.82) is 0 Å². The van der Waals surface area contributed by atoms with E-state index >= 15 is 0 Å². The van der Waals surface area contributed by atoms with Crippen LogP contribution < -0.4 is 20.2 Å². The molecule has 0 radical (unpaired) electrons. The average Bonchev–Trinajstić information content (AvgIpc) is 3.46. The number of aliphatic hydroxyl groups excluding tert-OH is 1. The number of fused-ring (bicyclic) bond motifs is 6. The number of aromatic nitrogens is 2. The lowest BCUT2D eigenvalue weighted by molar-refractivity contribution is -0.172. The molecule has 36 heavy (non-hydrogen) atoms. The molecule has 10 heteroatoms. The van der Waals surface area contributed by atoms with Gasteiger partial charge in [-0.2, -0.15) is 0 Å². The Morgan fingerprint density at radius 3 is 2.58 bits per heavy atom. The fraction of sp³-hybridized carbons (Fsp3) is 0.423. The maximum absolute atomic E-state index is 13.6. The van der Waals surface area contributed by atoms with E-state index in [9.17, 15) is 19.8 Å². The molecular weight excluding hydrogens is 480 g/mol. The van der Waals surface area contributed by atoms with E-state index in [4.69, 9.17) is 19.2 Å². The summed E-state index contributed by atoms with van der Waals surface area (Å²) >= 11 is 0. The summed E-state index contributed by atoms with van der Waals surface area (Å²) < 4.78 is 18.1. The zero-order chi connectivity index (χ0) is 25.4. The second-order valence-corrected chi connectivity index (χ2v) is 15.1. The summed E-state index contributed by atoms with van der Waals surface area (Å²) in [5, 5.41) is 22.9. The van der Waals surface area contributed by atoms with Crippen LogP contribution in [0.4, 0.5) is 0 Å². The van der Waals surface area contributed by atoms with Crippen molar-refractivity contribution < 1.29 is 29.2 Å². The molecule has 2 N–H and O–H groups in total. The number of carbonyl (C=O) groups is 1. The van der Waals surface area contributed by atoms with Gasteiger partial charge >= 0.3 is 5.97 Å². The summed E-state index contributed by atoms with van der Waals surface area (Å²) in [4.78, 5) is 31.1. The van der Waals surface area contributed by atoms with Gasteiger partial charge in [0.05, 0.1) is 37.1 Å². The first-order valence-corrected chi connectivity index (χ1v) is 15.4. The molecule has 0 fully saturated rings. The minimum absolute atomic E-state index is 0.0928. The van der Waals surface area contributed by atoms with Crippen LogP contribution in [0.3, 0.4) is 0 Å². The van der Waals surface area contributed by atoms with Gasteiger partial charge in [0.2, 0.25) is 6.79 Å². The van der Waals surface area contributed by atoms with E-state index < -0.39 is 19.6 Å². The number of hydrogen-bond acceptors (Lipinski definition) is 8. The lowest BCUT2D eigenvalue weighted by atomic mass is 9.86. The van der Waals surface area contributed by atoms with Crippen LogP contribution in [0.5, 0.6) is 11.5 Å². The van der Waals surface area contributed by atoms with Gasteiger partial charge in [-0.15, -0.1) is 0 Å². The van der Waals surface area contributed by atoms with Gasteiger partial charge in [-0.1, -0.05) is 26.1 Å². The molecule has 1 aromatic carbocycles. The normalized spacial score (nSPS) is 19.8. The molecular formula is C26H28N2O7Si. The molecule has 2 aromatic heterocycles. The maximum Gasteiger partial charge on any atom is 0.343 e. The lowest BCUT2D eigenvalue weighted by Crippen LogP contribution is -2.45. The van der Waals surface area contributed by atoms with Gasteiger partial charge in [-0.05, 0) is 35.7 Å². The van der Waals surface area contributed by atoms with Crippen LogP contribution >= 0.6 is 0 Å². The molecule has 9 nitrogen and oxygen atoms in total. The molecule has 3 aliphatic heterocycles. The van der Waals surface area contributed by atoms with Crippen LogP contribution in [-0.4, -0.2) is 47.2 Å². The van der Waals surface area contributed by atoms with Crippen LogP contribution in [0.25, 0.3) is 22.3 Å². The van der Waals surface area contributed by atoms with Crippen molar-refractivity contribution >= 4 is 30.1 Å². The number of rotatable bonds is 5. The van der Waals surface area contributed by atoms with E-state index in [0.29, 0.717) is 47.0 Å². The van der Waals surface area contributed by atoms with Gasteiger partial charge in [0.25, 0.3) is 5.56 Å². The van der Waals surface area contributed by atoms with Crippen molar-refractivity contribution in [3.05, 3.63) is 45.2 Å². The highest BCUT2D eigenvalue weighted by molar-refractivity contribution is 6.91. The van der Waals surface area contributed by atoms with E-state index in [1.165, 1.54) is 5.19 Å². The summed E-state index contributed by atoms with van der Waals surface area (Å²) in [5.74, 6) is 0.557. The van der Waals surface area contributed by atoms with Crippen LogP contribution in [0.2, 0.25) is 19.1 Å². The summed E-state index contributed by atoms with van der Waals surface area (Å²) in [6.45, 7) is 6.68. The molecule has 0 unspecified atom stereocenters. The Morgan fingerprint density at radius 2 is 1.86 bits per heavy atom. The summed E-state index contributed by atoms with van der Waals surface area (Å²) in [6.07, 6.45) is 0.780. The standard InChI is InChI=1S/C26H28N2O7Si/c1-4-26(32)17-9-19-22-15(11-28(19)24(30)16(17)12-33-25(26)31)23(36(2,3)7-5-6-29)14-8-20-21(35-13-34-20)10-18(14)27-22/h8-10,29,32H,4-7,11-13H2,1-3H3/t26-/m0/s1. The molecule has 3 aromatic rings. The molecule has 0 spiro atoms. The Hall–Kier alpha value is -3.21. The zero-order valence-corrected chi connectivity index (χ0v) is 21.5. The van der Waals surface area contributed by atoms with Gasteiger partial charge in [0.15, 0.2) is 17.1 Å². The van der Waals surface area contributed by atoms with E-state index in [0.717, 1.165) is 22.5 Å². The average molecular weight is 509 g/mol. The van der Waals surface area contributed by atoms with Crippen molar-refractivity contribution in [3.63, 3.8) is 0 Å². The number of benzene rings is 1. The summed E-state index contributed by atoms with van der Waals surface area (Å²) in [5.41, 5.74) is 1.44. The Labute approximate surface area is 208 Å². The molecule has 0 saturated heterocycles. The number of aliphatic hydroxyl groups is 2. The van der Waals surface area contributed by atoms with Gasteiger partial charge in [0, 0.05) is 23.6 Å². The van der Waals surface area contributed by atoms with E-state index in [1.54, 1.807) is 17.6 Å². The number of pyridine rings is 2. The number of esters is 1. The van der Waals surface area contributed by atoms with Crippen LogP contribution in [0, 0.1) is 0 Å². The van der Waals surface area contributed by atoms with Crippen LogP contribution in [0.1, 0.15) is 36.5 Å². The van der Waals surface area contributed by atoms with E-state index in [1.807, 2.05) is 12.1 Å². The van der Waals surface area contributed by atoms with Gasteiger partial charge in [0.1, 0.15) is 6.61 Å². The highest BCUT2D eigenvalue weighted by Crippen LogP contribution is 2.41. The number of hydrogen-bond donors (Lipinski definition) is 2. The van der Waals surface area contributed by atoms with Crippen molar-refractivity contribution in [3.8, 4) is 22.9 Å². The molecule has 0 aliphatic carbocycles. The SMILES string of the molecule is CC[C@@]1(O)C(=O)OCc2c1cc1n(c2=O)Cc2c-1nc1cc3c(cc1c2[Si](C)(C)CCCO)OCO3. The first-order chi connectivity index (χ1) is 17.2. The van der Waals surface area contributed by atoms with Crippen LogP contribution in [-0.2, 0) is 28.3 Å². The third-order valence-corrected chi connectivity index (χ3v) is 11.3. The predicted molar refractivity (Wildman–Crippen MR) is 134 cm³/mol. The molecule has 0 bridgehead atoms. The molecule has 1 atom stereocenters. The van der Waals surface area contributed by atoms with Crippen molar-refractivity contribution in [2.24, 2.45) is 0 Å². The van der Waals surface area contributed by atoms with E-state index in [2.05, 4.69) is 13.1 Å². The van der Waals surface area contributed by atoms with Gasteiger partial charge < -0.3 is 29.0 Å². The Balaban J connectivity index is 1.65. The molecule has 3 aliphatic rings. The largest absolute Gasteiger partial charge is 0.458 e. The molecule has 6 rings (SSSR count). The molecule has 0 amide bonds. The fourth-order valence-corrected chi connectivity index (χ4v) is 9.12. The van der Waals surface area contributed by atoms with Crippen LogP contribution in [0.15, 0.2) is 23.0 Å². The van der Waals surface area contributed by atoms with Gasteiger partial charge in [-0.3, -0.25) is 4.79 Å². The molecule has 0 saturated carbocycles. The Kier molecular flexibility index (Phi) is 5.09. The zero-order valence-electron chi connectivity index (χ0n) is 20.5. The van der Waals surface area contributed by atoms with Crippen molar-refractivity contribution in [2.45, 2.75) is 57.7 Å². The molecule has 5 heterocycles. The smallest absolute Gasteiger partial charge is 0.343 e. The number of carbonyl (C=O) groups excluding carboxylic acids is 1. The minimum Gasteiger partial charge on any atom is -0.458 e. The maximum atomic E-state index is 13.6. The first kappa shape index (κ1) is 23.2. The minimum atomic E-state index is -2.13. The van der Waals surface area contributed by atoms with Crippen molar-refractivity contribution in [1.82, 2.24) is 9.55 Å². The third kappa shape index (κ3) is 3.11. The van der Waals surface area contributed by atoms with Crippen molar-refractivity contribution in [2.75, 3.05) is 13.4 Å². The molecule has 188 valence electrons. The number of ether oxygens (including phenoxy) is 3. The summed E-state index contributed by atoms with van der Waals surface area (Å²) in [6, 6.07) is 6.46. The lowest BCUT2D eigenvalue weighted by Gasteiger charge is -2.31. The quantitative estimate of drug-likeness (QED) is 0.311. The summed E-state index contributed by atoms with van der Waals surface area (Å²) in [7, 11) is -2.13.